The molecular formula is C13H20B2N2O6. The molecule has 23 heavy (non-hydrogen) atoms. The van der Waals surface area contributed by atoms with E-state index in [1.54, 1.807) is 0 Å². The maximum atomic E-state index is 11.4. The molecule has 0 aliphatic carbocycles. The first-order valence-electron chi connectivity index (χ1n) is 7.17. The third-order valence-corrected chi connectivity index (χ3v) is 2.43. The van der Waals surface area contributed by atoms with Crippen LogP contribution in [0, 0.1) is 0 Å². The van der Waals surface area contributed by atoms with Crippen molar-refractivity contribution in [1.29, 1.82) is 0 Å². The number of amides is 2. The minimum absolute atomic E-state index is 0.181. The van der Waals surface area contributed by atoms with Crippen LogP contribution in [0.3, 0.4) is 0 Å². The molecule has 2 amide bonds. The monoisotopic (exact) mass is 322 g/mol. The summed E-state index contributed by atoms with van der Waals surface area (Å²) in [5, 5.41) is 5.18. The van der Waals surface area contributed by atoms with E-state index in [0.29, 0.717) is 6.42 Å². The highest BCUT2D eigenvalue weighted by Crippen LogP contribution is 1.95. The number of ether oxygens (including phenoxy) is 2. The maximum absolute atomic E-state index is 11.4. The number of hydrogen-bond acceptors (Lipinski definition) is 6. The first-order valence-corrected chi connectivity index (χ1v) is 7.17. The van der Waals surface area contributed by atoms with Gasteiger partial charge in [0.2, 0.25) is 11.8 Å². The molecule has 4 radical (unpaired) electrons. The Morgan fingerprint density at radius 1 is 0.739 bits per heavy atom. The number of carbonyl (C=O) groups excluding carboxylic acids is 4. The van der Waals surface area contributed by atoms with Crippen LogP contribution in [0.4, 0.5) is 0 Å². The van der Waals surface area contributed by atoms with Gasteiger partial charge in [0, 0.05) is 25.9 Å². The third-order valence-electron chi connectivity index (χ3n) is 2.43. The van der Waals surface area contributed by atoms with Crippen molar-refractivity contribution < 1.29 is 28.7 Å². The molecule has 0 aliphatic heterocycles. The predicted octanol–water partition coefficient (Wildman–Crippen LogP) is -2.19. The molecule has 0 unspecified atom stereocenters. The summed E-state index contributed by atoms with van der Waals surface area (Å²) in [6.07, 6.45) is 0.824. The number of nitrogens with one attached hydrogen (secondary N) is 2. The van der Waals surface area contributed by atoms with Gasteiger partial charge in [-0.05, 0) is 6.42 Å². The standard InChI is InChI=1S/C13H20B2N2O6/c14-10(18)8-22-6-4-16-12(20)2-1-3-13(21)17-5-7-23-9-11(15)19/h1-9H2,(H,16,20)(H,17,21). The Morgan fingerprint density at radius 3 is 1.48 bits per heavy atom. The molecule has 8 nitrogen and oxygen atoms in total. The van der Waals surface area contributed by atoms with Crippen LogP contribution in [0.5, 0.6) is 0 Å². The highest BCUT2D eigenvalue weighted by atomic mass is 16.5. The molecule has 2 N–H and O–H groups in total. The van der Waals surface area contributed by atoms with Crippen molar-refractivity contribution in [3.05, 3.63) is 0 Å². The zero-order chi connectivity index (χ0) is 17.5. The lowest BCUT2D eigenvalue weighted by Crippen LogP contribution is -2.29. The van der Waals surface area contributed by atoms with E-state index in [2.05, 4.69) is 10.6 Å². The topological polar surface area (TPSA) is 111 Å². The second-order valence-corrected chi connectivity index (χ2v) is 4.59. The van der Waals surface area contributed by atoms with Crippen LogP contribution >= 0.6 is 0 Å². The normalized spacial score (nSPS) is 10.1. The summed E-state index contributed by atoms with van der Waals surface area (Å²) in [6, 6.07) is 0. The van der Waals surface area contributed by atoms with Crippen LogP contribution < -0.4 is 10.6 Å². The van der Waals surface area contributed by atoms with E-state index in [4.69, 9.17) is 25.2 Å². The second-order valence-electron chi connectivity index (χ2n) is 4.59. The number of hydrogen-bond donors (Lipinski definition) is 2. The van der Waals surface area contributed by atoms with Gasteiger partial charge < -0.3 is 29.7 Å². The van der Waals surface area contributed by atoms with Crippen LogP contribution in [0.25, 0.3) is 0 Å². The van der Waals surface area contributed by atoms with Crippen molar-refractivity contribution in [3.63, 3.8) is 0 Å². The van der Waals surface area contributed by atoms with Crippen molar-refractivity contribution in [3.8, 4) is 0 Å². The molecule has 124 valence electrons. The van der Waals surface area contributed by atoms with E-state index in [1.165, 1.54) is 0 Å². The van der Waals surface area contributed by atoms with Gasteiger partial charge in [-0.1, -0.05) is 0 Å². The van der Waals surface area contributed by atoms with E-state index >= 15 is 0 Å². The average Bonchev–Trinajstić information content (AvgIpc) is 2.45. The summed E-state index contributed by atoms with van der Waals surface area (Å²) in [7, 11) is 9.75. The summed E-state index contributed by atoms with van der Waals surface area (Å²) in [5.74, 6) is -0.407. The molecule has 0 atom stereocenters. The Bertz CT molecular complexity index is 370. The molecule has 0 saturated carbocycles. The largest absolute Gasteiger partial charge is 0.373 e. The van der Waals surface area contributed by atoms with Crippen molar-refractivity contribution in [1.82, 2.24) is 10.6 Å². The van der Waals surface area contributed by atoms with Gasteiger partial charge in [0.05, 0.1) is 26.4 Å². The quantitative estimate of drug-likeness (QED) is 0.278. The Balaban J connectivity index is 3.43. The van der Waals surface area contributed by atoms with E-state index < -0.39 is 11.4 Å². The average molecular weight is 322 g/mol. The maximum Gasteiger partial charge on any atom is 0.220 e. The fourth-order valence-electron chi connectivity index (χ4n) is 1.46. The van der Waals surface area contributed by atoms with Gasteiger partial charge >= 0.3 is 0 Å². The van der Waals surface area contributed by atoms with Crippen molar-refractivity contribution in [2.45, 2.75) is 19.3 Å². The Kier molecular flexibility index (Phi) is 12.9. The summed E-state index contributed by atoms with van der Waals surface area (Å²) >= 11 is 0. The highest BCUT2D eigenvalue weighted by molar-refractivity contribution is 6.58. The molecule has 10 heteroatoms. The van der Waals surface area contributed by atoms with Crippen LogP contribution in [-0.2, 0) is 28.7 Å². The van der Waals surface area contributed by atoms with E-state index in [-0.39, 0.29) is 64.2 Å². The van der Waals surface area contributed by atoms with Gasteiger partial charge in [-0.3, -0.25) is 9.59 Å². The van der Waals surface area contributed by atoms with Gasteiger partial charge in [0.1, 0.15) is 11.4 Å². The number of carbonyl (C=O) groups is 4. The van der Waals surface area contributed by atoms with Crippen molar-refractivity contribution in [2.24, 2.45) is 0 Å². The Labute approximate surface area is 137 Å². The van der Waals surface area contributed by atoms with Gasteiger partial charge in [-0.15, -0.1) is 0 Å². The third kappa shape index (κ3) is 16.5. The summed E-state index contributed by atoms with van der Waals surface area (Å²) in [5.41, 5.74) is -1.13. The first-order chi connectivity index (χ1) is 10.9. The molecule has 0 saturated heterocycles. The number of rotatable bonds is 14. The molecule has 0 fully saturated rings. The Hall–Kier alpha value is -1.67. The lowest BCUT2D eigenvalue weighted by atomic mass is 10.1. The molecule has 0 heterocycles. The molecule has 0 aromatic heterocycles. The van der Waals surface area contributed by atoms with Gasteiger partial charge in [0.25, 0.3) is 0 Å². The molecule has 0 aromatic rings. The van der Waals surface area contributed by atoms with E-state index in [9.17, 15) is 19.2 Å². The second kappa shape index (κ2) is 14.0. The summed E-state index contributed by atoms with van der Waals surface area (Å²) in [4.78, 5) is 43.6. The predicted molar refractivity (Wildman–Crippen MR) is 83.0 cm³/mol. The van der Waals surface area contributed by atoms with E-state index in [0.717, 1.165) is 0 Å². The van der Waals surface area contributed by atoms with Crippen molar-refractivity contribution >= 4 is 38.9 Å². The zero-order valence-electron chi connectivity index (χ0n) is 13.0. The molecular weight excluding hydrogens is 302 g/mol. The van der Waals surface area contributed by atoms with Gasteiger partial charge in [0.15, 0.2) is 15.7 Å². The highest BCUT2D eigenvalue weighted by Gasteiger charge is 2.05. The SMILES string of the molecule is [B]C(=O)COCCNC(=O)CCCC(=O)NCCOCC([B])=O. The lowest BCUT2D eigenvalue weighted by Gasteiger charge is -2.07. The van der Waals surface area contributed by atoms with E-state index in [1.807, 2.05) is 0 Å². The fourth-order valence-corrected chi connectivity index (χ4v) is 1.46. The van der Waals surface area contributed by atoms with Crippen LogP contribution in [0.15, 0.2) is 0 Å². The molecule has 0 aliphatic rings. The first kappa shape index (κ1) is 21.3. The zero-order valence-corrected chi connectivity index (χ0v) is 13.0. The molecule has 0 spiro atoms. The fraction of sp³-hybridized carbons (Fsp3) is 0.692. The molecule has 0 rings (SSSR count). The smallest absolute Gasteiger partial charge is 0.220 e. The summed E-state index contributed by atoms with van der Waals surface area (Å²) < 4.78 is 9.75. The molecule has 0 aromatic carbocycles. The van der Waals surface area contributed by atoms with Gasteiger partial charge in [-0.25, -0.2) is 0 Å². The van der Waals surface area contributed by atoms with Crippen LogP contribution in [-0.4, -0.2) is 78.4 Å². The summed E-state index contributed by atoms with van der Waals surface area (Å²) in [6.45, 7) is 0.574. The lowest BCUT2D eigenvalue weighted by molar-refractivity contribution is -0.122. The van der Waals surface area contributed by atoms with Crippen molar-refractivity contribution in [2.75, 3.05) is 39.5 Å². The minimum Gasteiger partial charge on any atom is -0.373 e. The Morgan fingerprint density at radius 2 is 1.13 bits per heavy atom. The van der Waals surface area contributed by atoms with Crippen LogP contribution in [0.2, 0.25) is 0 Å². The van der Waals surface area contributed by atoms with Crippen LogP contribution in [0.1, 0.15) is 19.3 Å². The van der Waals surface area contributed by atoms with Gasteiger partial charge in [-0.2, -0.15) is 0 Å². The molecule has 0 bridgehead atoms. The minimum atomic E-state index is -0.567.